The molecule has 0 atom stereocenters. The highest BCUT2D eigenvalue weighted by Gasteiger charge is 2.14. The first-order valence-electron chi connectivity index (χ1n) is 4.54. The Morgan fingerprint density at radius 2 is 2.07 bits per heavy atom. The van der Waals surface area contributed by atoms with Crippen molar-refractivity contribution < 1.29 is 10.0 Å². The molecule has 1 amide bonds. The van der Waals surface area contributed by atoms with Crippen LogP contribution in [0.1, 0.15) is 17.5 Å². The summed E-state index contributed by atoms with van der Waals surface area (Å²) in [5.41, 5.74) is 4.61. The number of hydrogen-bond donors (Lipinski definition) is 2. The SMILES string of the molecule is O=C(NO)C1=Cc2ccccc2CC1. The first kappa shape index (κ1) is 8.97. The average Bonchev–Trinajstić information content (AvgIpc) is 2.27. The van der Waals surface area contributed by atoms with Crippen LogP contribution in [0.4, 0.5) is 0 Å². The summed E-state index contributed by atoms with van der Waals surface area (Å²) >= 11 is 0. The lowest BCUT2D eigenvalue weighted by Crippen LogP contribution is -2.22. The van der Waals surface area contributed by atoms with E-state index in [1.54, 1.807) is 5.48 Å². The highest BCUT2D eigenvalue weighted by atomic mass is 16.5. The molecule has 2 rings (SSSR count). The van der Waals surface area contributed by atoms with Gasteiger partial charge in [-0.1, -0.05) is 24.3 Å². The lowest BCUT2D eigenvalue weighted by Gasteiger charge is -2.14. The molecule has 0 aliphatic heterocycles. The summed E-state index contributed by atoms with van der Waals surface area (Å²) in [5, 5.41) is 8.49. The standard InChI is InChI=1S/C11H11NO2/c13-11(12-14)10-6-5-8-3-1-2-4-9(8)7-10/h1-4,7,14H,5-6H2,(H,12,13). The second-order valence-corrected chi connectivity index (χ2v) is 3.31. The molecule has 0 fully saturated rings. The second kappa shape index (κ2) is 3.64. The number of hydrogen-bond acceptors (Lipinski definition) is 2. The van der Waals surface area contributed by atoms with Gasteiger partial charge in [0.05, 0.1) is 0 Å². The summed E-state index contributed by atoms with van der Waals surface area (Å²) < 4.78 is 0. The maximum absolute atomic E-state index is 11.1. The van der Waals surface area contributed by atoms with Crippen molar-refractivity contribution in [2.45, 2.75) is 12.8 Å². The zero-order valence-electron chi connectivity index (χ0n) is 7.66. The van der Waals surface area contributed by atoms with Crippen LogP contribution < -0.4 is 5.48 Å². The smallest absolute Gasteiger partial charge is 0.270 e. The predicted molar refractivity (Wildman–Crippen MR) is 52.7 cm³/mol. The van der Waals surface area contributed by atoms with Crippen LogP contribution in [-0.2, 0) is 11.2 Å². The molecule has 0 aromatic heterocycles. The summed E-state index contributed by atoms with van der Waals surface area (Å²) in [4.78, 5) is 11.1. The summed E-state index contributed by atoms with van der Waals surface area (Å²) in [6.07, 6.45) is 3.36. The molecule has 72 valence electrons. The highest BCUT2D eigenvalue weighted by Crippen LogP contribution is 2.23. The van der Waals surface area contributed by atoms with Gasteiger partial charge < -0.3 is 0 Å². The monoisotopic (exact) mass is 189 g/mol. The van der Waals surface area contributed by atoms with Crippen LogP contribution in [0.2, 0.25) is 0 Å². The number of rotatable bonds is 1. The number of fused-ring (bicyclic) bond motifs is 1. The molecule has 1 aromatic carbocycles. The van der Waals surface area contributed by atoms with E-state index in [0.717, 1.165) is 12.0 Å². The third kappa shape index (κ3) is 1.54. The average molecular weight is 189 g/mol. The Bertz CT molecular complexity index is 396. The normalized spacial score (nSPS) is 14.2. The van der Waals surface area contributed by atoms with Gasteiger partial charge in [0.1, 0.15) is 0 Å². The summed E-state index contributed by atoms with van der Waals surface area (Å²) in [7, 11) is 0. The fourth-order valence-corrected chi connectivity index (χ4v) is 1.68. The fraction of sp³-hybridized carbons (Fsp3) is 0.182. The van der Waals surface area contributed by atoms with E-state index in [4.69, 9.17) is 5.21 Å². The van der Waals surface area contributed by atoms with Gasteiger partial charge in [0.25, 0.3) is 5.91 Å². The molecule has 1 aliphatic carbocycles. The van der Waals surface area contributed by atoms with Crippen molar-refractivity contribution in [2.24, 2.45) is 0 Å². The van der Waals surface area contributed by atoms with E-state index in [1.807, 2.05) is 24.3 Å². The van der Waals surface area contributed by atoms with Crippen LogP contribution in [0, 0.1) is 0 Å². The van der Waals surface area contributed by atoms with Crippen LogP contribution in [0.15, 0.2) is 29.8 Å². The molecule has 3 heteroatoms. The molecule has 2 N–H and O–H groups in total. The molecule has 14 heavy (non-hydrogen) atoms. The maximum atomic E-state index is 11.1. The molecule has 0 heterocycles. The minimum atomic E-state index is -0.403. The Morgan fingerprint density at radius 3 is 2.86 bits per heavy atom. The predicted octanol–water partition coefficient (Wildman–Crippen LogP) is 1.52. The van der Waals surface area contributed by atoms with Crippen molar-refractivity contribution in [2.75, 3.05) is 0 Å². The van der Waals surface area contributed by atoms with Gasteiger partial charge in [-0.05, 0) is 30.0 Å². The Morgan fingerprint density at radius 1 is 1.29 bits per heavy atom. The van der Waals surface area contributed by atoms with Crippen LogP contribution in [0.5, 0.6) is 0 Å². The van der Waals surface area contributed by atoms with Crippen LogP contribution >= 0.6 is 0 Å². The summed E-state index contributed by atoms with van der Waals surface area (Å²) in [6, 6.07) is 7.96. The van der Waals surface area contributed by atoms with E-state index in [9.17, 15) is 4.79 Å². The summed E-state index contributed by atoms with van der Waals surface area (Å²) in [6.45, 7) is 0. The van der Waals surface area contributed by atoms with E-state index in [0.29, 0.717) is 12.0 Å². The van der Waals surface area contributed by atoms with E-state index >= 15 is 0 Å². The molecule has 0 saturated heterocycles. The van der Waals surface area contributed by atoms with E-state index in [-0.39, 0.29) is 0 Å². The topological polar surface area (TPSA) is 49.3 Å². The van der Waals surface area contributed by atoms with Crippen molar-refractivity contribution in [3.8, 4) is 0 Å². The van der Waals surface area contributed by atoms with E-state index < -0.39 is 5.91 Å². The van der Waals surface area contributed by atoms with Gasteiger partial charge in [-0.25, -0.2) is 5.48 Å². The van der Waals surface area contributed by atoms with Gasteiger partial charge in [-0.2, -0.15) is 0 Å². The largest absolute Gasteiger partial charge is 0.288 e. The van der Waals surface area contributed by atoms with Gasteiger partial charge >= 0.3 is 0 Å². The number of carbonyl (C=O) groups excluding carboxylic acids is 1. The third-order valence-electron chi connectivity index (χ3n) is 2.44. The molecule has 1 aliphatic rings. The van der Waals surface area contributed by atoms with Gasteiger partial charge in [-0.3, -0.25) is 10.0 Å². The van der Waals surface area contributed by atoms with Gasteiger partial charge in [-0.15, -0.1) is 0 Å². The Balaban J connectivity index is 2.36. The van der Waals surface area contributed by atoms with Gasteiger partial charge in [0.2, 0.25) is 0 Å². The molecular formula is C11H11NO2. The Hall–Kier alpha value is -1.61. The first-order valence-corrected chi connectivity index (χ1v) is 4.54. The number of hydroxylamine groups is 1. The number of amides is 1. The molecule has 0 bridgehead atoms. The highest BCUT2D eigenvalue weighted by molar-refractivity contribution is 5.97. The summed E-state index contributed by atoms with van der Waals surface area (Å²) in [5.74, 6) is -0.403. The van der Waals surface area contributed by atoms with E-state index in [1.165, 1.54) is 5.56 Å². The zero-order valence-corrected chi connectivity index (χ0v) is 7.66. The van der Waals surface area contributed by atoms with Crippen molar-refractivity contribution in [1.29, 1.82) is 0 Å². The Labute approximate surface area is 82.0 Å². The van der Waals surface area contributed by atoms with Crippen LogP contribution in [0.25, 0.3) is 6.08 Å². The van der Waals surface area contributed by atoms with E-state index in [2.05, 4.69) is 6.07 Å². The third-order valence-corrected chi connectivity index (χ3v) is 2.44. The first-order chi connectivity index (χ1) is 6.81. The van der Waals surface area contributed by atoms with Gasteiger partial charge in [0.15, 0.2) is 0 Å². The molecule has 0 saturated carbocycles. The quantitative estimate of drug-likeness (QED) is 0.520. The van der Waals surface area contributed by atoms with Crippen molar-refractivity contribution in [1.82, 2.24) is 5.48 Å². The number of benzene rings is 1. The van der Waals surface area contributed by atoms with Gasteiger partial charge in [0, 0.05) is 5.57 Å². The lowest BCUT2D eigenvalue weighted by molar-refractivity contribution is -0.125. The van der Waals surface area contributed by atoms with Crippen LogP contribution in [0.3, 0.4) is 0 Å². The number of carbonyl (C=O) groups is 1. The molecular weight excluding hydrogens is 178 g/mol. The van der Waals surface area contributed by atoms with Crippen molar-refractivity contribution in [3.63, 3.8) is 0 Å². The number of aryl methyl sites for hydroxylation is 1. The van der Waals surface area contributed by atoms with Crippen molar-refractivity contribution >= 4 is 12.0 Å². The molecule has 0 spiro atoms. The minimum Gasteiger partial charge on any atom is -0.288 e. The van der Waals surface area contributed by atoms with Crippen LogP contribution in [-0.4, -0.2) is 11.1 Å². The minimum absolute atomic E-state index is 0.403. The molecule has 0 radical (unpaired) electrons. The molecule has 0 unspecified atom stereocenters. The lowest BCUT2D eigenvalue weighted by atomic mass is 9.92. The Kier molecular flexibility index (Phi) is 2.33. The zero-order chi connectivity index (χ0) is 9.97. The molecule has 1 aromatic rings. The van der Waals surface area contributed by atoms with Crippen molar-refractivity contribution in [3.05, 3.63) is 41.0 Å². The number of nitrogens with one attached hydrogen (secondary N) is 1. The maximum Gasteiger partial charge on any atom is 0.270 e. The second-order valence-electron chi connectivity index (χ2n) is 3.31. The molecule has 3 nitrogen and oxygen atoms in total. The fourth-order valence-electron chi connectivity index (χ4n) is 1.68.